The number of methoxy groups -OCH3 is 1. The minimum Gasteiger partial charge on any atom is -0.453 e. The highest BCUT2D eigenvalue weighted by molar-refractivity contribution is 6.25. The van der Waals surface area contributed by atoms with Gasteiger partial charge in [-0.05, 0) is 25.8 Å². The third-order valence-electron chi connectivity index (χ3n) is 4.82. The molecule has 12 heteroatoms. The number of anilines is 2. The fourth-order valence-corrected chi connectivity index (χ4v) is 3.09. The van der Waals surface area contributed by atoms with Crippen molar-refractivity contribution in [2.75, 3.05) is 31.2 Å². The molecule has 31 heavy (non-hydrogen) atoms. The number of carbonyl (C=O) groups excluding carboxylic acids is 1. The van der Waals surface area contributed by atoms with Crippen LogP contribution in [0.15, 0.2) is 18.5 Å². The Kier molecular flexibility index (Phi) is 5.59. The second-order valence-electron chi connectivity index (χ2n) is 7.11. The van der Waals surface area contributed by atoms with Crippen LogP contribution in [0.1, 0.15) is 24.4 Å². The minimum absolute atomic E-state index is 0.356. The molecule has 0 radical (unpaired) electrons. The van der Waals surface area contributed by atoms with Gasteiger partial charge in [0.2, 0.25) is 5.95 Å². The van der Waals surface area contributed by atoms with Crippen LogP contribution in [0, 0.1) is 6.92 Å². The second kappa shape index (κ2) is 8.34. The lowest BCUT2D eigenvalue weighted by molar-refractivity contribution is 0.171. The van der Waals surface area contributed by atoms with Crippen LogP contribution in [0.3, 0.4) is 0 Å². The summed E-state index contributed by atoms with van der Waals surface area (Å²) in [7, 11) is 1.31. The SMILES string of the molecule is COC(=O)NCCNc1nccc(-c2[nH]c(C3(Cl)CC3)nc2-c2cnc(N)c(C)n2)n1. The van der Waals surface area contributed by atoms with Crippen LogP contribution in [-0.4, -0.2) is 56.2 Å². The van der Waals surface area contributed by atoms with Crippen LogP contribution >= 0.6 is 11.6 Å². The van der Waals surface area contributed by atoms with Crippen LogP contribution in [0.2, 0.25) is 0 Å². The van der Waals surface area contributed by atoms with E-state index in [0.29, 0.717) is 59.1 Å². The van der Waals surface area contributed by atoms with E-state index in [2.05, 4.69) is 40.3 Å². The predicted octanol–water partition coefficient (Wildman–Crippen LogP) is 2.21. The summed E-state index contributed by atoms with van der Waals surface area (Å²) in [5.74, 6) is 1.44. The van der Waals surface area contributed by atoms with Gasteiger partial charge in [-0.2, -0.15) is 0 Å². The van der Waals surface area contributed by atoms with Crippen LogP contribution in [0.25, 0.3) is 22.8 Å². The van der Waals surface area contributed by atoms with E-state index in [1.807, 2.05) is 0 Å². The molecule has 5 N–H and O–H groups in total. The summed E-state index contributed by atoms with van der Waals surface area (Å²) in [5, 5.41) is 5.64. The number of nitrogens with zero attached hydrogens (tertiary/aromatic N) is 5. The maximum Gasteiger partial charge on any atom is 0.406 e. The molecule has 0 bridgehead atoms. The molecule has 0 spiro atoms. The van der Waals surface area contributed by atoms with Crippen molar-refractivity contribution in [3.05, 3.63) is 30.0 Å². The average Bonchev–Trinajstić information content (AvgIpc) is 3.35. The third kappa shape index (κ3) is 4.50. The van der Waals surface area contributed by atoms with Crippen molar-refractivity contribution in [2.45, 2.75) is 24.6 Å². The number of imidazole rings is 1. The normalized spacial score (nSPS) is 14.2. The van der Waals surface area contributed by atoms with E-state index in [0.717, 1.165) is 12.8 Å². The van der Waals surface area contributed by atoms with Crippen LogP contribution in [-0.2, 0) is 9.61 Å². The number of halogens is 1. The summed E-state index contributed by atoms with van der Waals surface area (Å²) in [6, 6.07) is 1.77. The Hall–Kier alpha value is -3.47. The fourth-order valence-electron chi connectivity index (χ4n) is 2.90. The number of aromatic nitrogens is 6. The van der Waals surface area contributed by atoms with Crippen molar-refractivity contribution in [3.63, 3.8) is 0 Å². The number of nitrogen functional groups attached to an aromatic ring is 1. The van der Waals surface area contributed by atoms with Gasteiger partial charge in [0.05, 0.1) is 30.4 Å². The first-order valence-corrected chi connectivity index (χ1v) is 10.1. The lowest BCUT2D eigenvalue weighted by Gasteiger charge is -2.08. The molecule has 1 fully saturated rings. The van der Waals surface area contributed by atoms with Crippen LogP contribution < -0.4 is 16.4 Å². The van der Waals surface area contributed by atoms with Gasteiger partial charge in [0.15, 0.2) is 0 Å². The Morgan fingerprint density at radius 1 is 1.26 bits per heavy atom. The first kappa shape index (κ1) is 20.8. The number of hydrogen-bond donors (Lipinski definition) is 4. The van der Waals surface area contributed by atoms with Gasteiger partial charge in [-0.15, -0.1) is 11.6 Å². The lowest BCUT2D eigenvalue weighted by atomic mass is 10.2. The number of H-pyrrole nitrogens is 1. The number of alkyl carbamates (subject to hydrolysis) is 1. The van der Waals surface area contributed by atoms with Crippen molar-refractivity contribution in [1.82, 2.24) is 35.2 Å². The van der Waals surface area contributed by atoms with E-state index in [1.165, 1.54) is 7.11 Å². The number of ether oxygens (including phenoxy) is 1. The van der Waals surface area contributed by atoms with Gasteiger partial charge in [0, 0.05) is 19.3 Å². The zero-order valence-corrected chi connectivity index (χ0v) is 17.8. The Morgan fingerprint density at radius 2 is 2.06 bits per heavy atom. The molecule has 0 aromatic carbocycles. The Labute approximate surface area is 183 Å². The van der Waals surface area contributed by atoms with Crippen molar-refractivity contribution in [2.24, 2.45) is 0 Å². The summed E-state index contributed by atoms with van der Waals surface area (Å²) in [6.45, 7) is 2.57. The highest BCUT2D eigenvalue weighted by Crippen LogP contribution is 2.51. The number of rotatable bonds is 7. The quantitative estimate of drug-likeness (QED) is 0.317. The molecule has 0 aliphatic heterocycles. The molecule has 1 saturated carbocycles. The Morgan fingerprint density at radius 3 is 2.77 bits per heavy atom. The molecular weight excluding hydrogens is 422 g/mol. The maximum atomic E-state index is 11.1. The predicted molar refractivity (Wildman–Crippen MR) is 115 cm³/mol. The zero-order chi connectivity index (χ0) is 22.0. The van der Waals surface area contributed by atoms with E-state index in [-0.39, 0.29) is 0 Å². The topological polar surface area (TPSA) is 157 Å². The molecule has 1 aliphatic rings. The molecule has 3 aromatic rings. The first-order chi connectivity index (χ1) is 14.9. The van der Waals surface area contributed by atoms with E-state index in [9.17, 15) is 4.79 Å². The first-order valence-electron chi connectivity index (χ1n) is 9.67. The summed E-state index contributed by atoms with van der Waals surface area (Å²) < 4.78 is 4.54. The zero-order valence-electron chi connectivity index (χ0n) is 17.1. The van der Waals surface area contributed by atoms with Gasteiger partial charge in [-0.1, -0.05) is 0 Å². The molecule has 3 aromatic heterocycles. The number of nitrogens with one attached hydrogen (secondary N) is 3. The highest BCUT2D eigenvalue weighted by Gasteiger charge is 2.46. The standard InChI is InChI=1S/C19H22ClN9O2/c1-10-15(21)25-9-12(26-10)14-13(28-16(29-14)19(20)4-5-19)11-3-6-22-17(27-11)23-7-8-24-18(30)31-2/h3,6,9H,4-5,7-8H2,1-2H3,(H2,21,25)(H,24,30)(H,28,29)(H,22,23,27). The van der Waals surface area contributed by atoms with Gasteiger partial charge >= 0.3 is 6.09 Å². The molecule has 0 atom stereocenters. The summed E-state index contributed by atoms with van der Waals surface area (Å²) >= 11 is 6.60. The molecule has 0 unspecified atom stereocenters. The molecule has 11 nitrogen and oxygen atoms in total. The van der Waals surface area contributed by atoms with Crippen LogP contribution in [0.4, 0.5) is 16.6 Å². The number of amides is 1. The number of hydrogen-bond acceptors (Lipinski definition) is 9. The average molecular weight is 444 g/mol. The van der Waals surface area contributed by atoms with Gasteiger partial charge in [-0.3, -0.25) is 0 Å². The van der Waals surface area contributed by atoms with E-state index < -0.39 is 11.0 Å². The molecule has 162 valence electrons. The lowest BCUT2D eigenvalue weighted by Crippen LogP contribution is -2.28. The number of aryl methyl sites for hydroxylation is 1. The van der Waals surface area contributed by atoms with Crippen LogP contribution in [0.5, 0.6) is 0 Å². The van der Waals surface area contributed by atoms with E-state index in [1.54, 1.807) is 25.4 Å². The Bertz CT molecular complexity index is 1110. The monoisotopic (exact) mass is 443 g/mol. The highest BCUT2D eigenvalue weighted by atomic mass is 35.5. The third-order valence-corrected chi connectivity index (χ3v) is 5.38. The smallest absolute Gasteiger partial charge is 0.406 e. The largest absolute Gasteiger partial charge is 0.453 e. The minimum atomic E-state index is -0.499. The number of aromatic amines is 1. The summed E-state index contributed by atoms with van der Waals surface area (Å²) in [6.07, 6.45) is 4.41. The van der Waals surface area contributed by atoms with Gasteiger partial charge in [-0.25, -0.2) is 29.7 Å². The van der Waals surface area contributed by atoms with Crippen molar-refractivity contribution in [1.29, 1.82) is 0 Å². The molecule has 1 amide bonds. The molecule has 4 rings (SSSR count). The summed E-state index contributed by atoms with van der Waals surface area (Å²) in [4.78, 5) is 36.2. The van der Waals surface area contributed by atoms with Gasteiger partial charge in [0.25, 0.3) is 0 Å². The summed E-state index contributed by atoms with van der Waals surface area (Å²) in [5.41, 5.74) is 8.88. The number of carbonyl (C=O) groups is 1. The maximum absolute atomic E-state index is 11.1. The molecule has 1 aliphatic carbocycles. The van der Waals surface area contributed by atoms with Gasteiger partial charge < -0.3 is 26.1 Å². The van der Waals surface area contributed by atoms with E-state index in [4.69, 9.17) is 22.3 Å². The van der Waals surface area contributed by atoms with E-state index >= 15 is 0 Å². The van der Waals surface area contributed by atoms with Crippen molar-refractivity contribution in [3.8, 4) is 22.8 Å². The van der Waals surface area contributed by atoms with Gasteiger partial charge in [0.1, 0.15) is 27.9 Å². The number of nitrogens with two attached hydrogens (primary N) is 1. The van der Waals surface area contributed by atoms with Crippen molar-refractivity contribution < 1.29 is 9.53 Å². The van der Waals surface area contributed by atoms with Crippen molar-refractivity contribution >= 4 is 29.5 Å². The molecular formula is C19H22ClN9O2. The number of alkyl halides is 1. The second-order valence-corrected chi connectivity index (χ2v) is 7.83. The molecule has 3 heterocycles. The molecule has 0 saturated heterocycles. The fraction of sp³-hybridized carbons (Fsp3) is 0.368. The Balaban J connectivity index is 1.63.